The van der Waals surface area contributed by atoms with Gasteiger partial charge in [0.25, 0.3) is 0 Å². The molecule has 2 heterocycles. The highest BCUT2D eigenvalue weighted by Crippen LogP contribution is 2.27. The van der Waals surface area contributed by atoms with Crippen molar-refractivity contribution in [1.29, 1.82) is 0 Å². The maximum absolute atomic E-state index is 12.7. The van der Waals surface area contributed by atoms with Gasteiger partial charge >= 0.3 is 0 Å². The van der Waals surface area contributed by atoms with Crippen molar-refractivity contribution in [3.8, 4) is 0 Å². The third-order valence-electron chi connectivity index (χ3n) is 3.80. The minimum absolute atomic E-state index is 0.179. The van der Waals surface area contributed by atoms with E-state index < -0.39 is 5.54 Å². The second-order valence-corrected chi connectivity index (χ2v) is 5.09. The Kier molecular flexibility index (Phi) is 2.63. The molecule has 1 fully saturated rings. The van der Waals surface area contributed by atoms with Crippen LogP contribution in [0, 0.1) is 0 Å². The number of Topliss-reactive ketones (excluding diaryl/α,β-unsaturated/α-hetero) is 1. The van der Waals surface area contributed by atoms with E-state index in [1.54, 1.807) is 12.4 Å². The number of benzene rings is 1. The van der Waals surface area contributed by atoms with Crippen LogP contribution >= 0.6 is 0 Å². The van der Waals surface area contributed by atoms with Crippen LogP contribution in [-0.2, 0) is 0 Å². The maximum Gasteiger partial charge on any atom is 0.183 e. The predicted molar refractivity (Wildman–Crippen MR) is 71.7 cm³/mol. The van der Waals surface area contributed by atoms with Gasteiger partial charge in [0.05, 0.1) is 5.54 Å². The molecular weight excluding hydrogens is 224 g/mol. The fraction of sp³-hybridized carbons (Fsp3) is 0.333. The Morgan fingerprint density at radius 1 is 1.39 bits per heavy atom. The summed E-state index contributed by atoms with van der Waals surface area (Å²) in [5.41, 5.74) is 0.363. The van der Waals surface area contributed by atoms with Crippen molar-refractivity contribution in [3.63, 3.8) is 0 Å². The monoisotopic (exact) mass is 240 g/mol. The van der Waals surface area contributed by atoms with E-state index in [1.807, 2.05) is 31.2 Å². The number of hydrogen-bond acceptors (Lipinski definition) is 3. The smallest absolute Gasteiger partial charge is 0.183 e. The molecule has 1 unspecified atom stereocenters. The molecule has 1 N–H and O–H groups in total. The van der Waals surface area contributed by atoms with Crippen LogP contribution in [0.5, 0.6) is 0 Å². The van der Waals surface area contributed by atoms with E-state index in [-0.39, 0.29) is 5.78 Å². The zero-order valence-electron chi connectivity index (χ0n) is 10.4. The summed E-state index contributed by atoms with van der Waals surface area (Å²) in [6.45, 7) is 2.92. The molecule has 3 heteroatoms. The SMILES string of the molecule is CC1(C(=O)c2cccc3ccncc23)CCCN1. The van der Waals surface area contributed by atoms with Crippen molar-refractivity contribution >= 4 is 16.6 Å². The van der Waals surface area contributed by atoms with Crippen molar-refractivity contribution in [1.82, 2.24) is 10.3 Å². The van der Waals surface area contributed by atoms with Gasteiger partial charge in [0.15, 0.2) is 5.78 Å². The standard InChI is InChI=1S/C15H16N2O/c1-15(7-3-8-17-15)14(18)12-5-2-4-11-6-9-16-10-13(11)12/h2,4-6,9-10,17H,3,7-8H2,1H3. The highest BCUT2D eigenvalue weighted by Gasteiger charge is 2.36. The average molecular weight is 240 g/mol. The van der Waals surface area contributed by atoms with Gasteiger partial charge in [0.1, 0.15) is 0 Å². The summed E-state index contributed by atoms with van der Waals surface area (Å²) in [7, 11) is 0. The van der Waals surface area contributed by atoms with Gasteiger partial charge < -0.3 is 5.32 Å². The minimum atomic E-state index is -0.413. The molecule has 3 rings (SSSR count). The lowest BCUT2D eigenvalue weighted by molar-refractivity contribution is 0.0886. The highest BCUT2D eigenvalue weighted by molar-refractivity contribution is 6.12. The summed E-state index contributed by atoms with van der Waals surface area (Å²) in [4.78, 5) is 16.8. The van der Waals surface area contributed by atoms with Gasteiger partial charge in [-0.15, -0.1) is 0 Å². The van der Waals surface area contributed by atoms with Gasteiger partial charge in [-0.1, -0.05) is 18.2 Å². The van der Waals surface area contributed by atoms with E-state index in [0.717, 1.165) is 35.7 Å². The molecule has 2 aromatic rings. The molecule has 1 aromatic heterocycles. The molecule has 0 aliphatic carbocycles. The lowest BCUT2D eigenvalue weighted by atomic mass is 9.88. The van der Waals surface area contributed by atoms with E-state index in [2.05, 4.69) is 10.3 Å². The fourth-order valence-electron chi connectivity index (χ4n) is 2.70. The quantitative estimate of drug-likeness (QED) is 0.820. The first-order valence-corrected chi connectivity index (χ1v) is 6.33. The Hall–Kier alpha value is -1.74. The number of ketones is 1. The predicted octanol–water partition coefficient (Wildman–Crippen LogP) is 2.56. The summed E-state index contributed by atoms with van der Waals surface area (Å²) < 4.78 is 0. The zero-order valence-corrected chi connectivity index (χ0v) is 10.4. The molecule has 1 aliphatic heterocycles. The van der Waals surface area contributed by atoms with E-state index >= 15 is 0 Å². The summed E-state index contributed by atoms with van der Waals surface area (Å²) in [6.07, 6.45) is 5.50. The van der Waals surface area contributed by atoms with Gasteiger partial charge in [0, 0.05) is 23.3 Å². The van der Waals surface area contributed by atoms with Gasteiger partial charge in [-0.25, -0.2) is 0 Å². The first-order valence-electron chi connectivity index (χ1n) is 6.33. The molecule has 0 bridgehead atoms. The molecule has 0 radical (unpaired) electrons. The maximum atomic E-state index is 12.7. The molecular formula is C15H16N2O. The number of fused-ring (bicyclic) bond motifs is 1. The number of aromatic nitrogens is 1. The van der Waals surface area contributed by atoms with Crippen LogP contribution in [0.3, 0.4) is 0 Å². The van der Waals surface area contributed by atoms with E-state index in [4.69, 9.17) is 0 Å². The first kappa shape index (κ1) is 11.4. The second-order valence-electron chi connectivity index (χ2n) is 5.09. The van der Waals surface area contributed by atoms with Crippen molar-refractivity contribution in [2.75, 3.05) is 6.54 Å². The summed E-state index contributed by atoms with van der Waals surface area (Å²) in [5.74, 6) is 0.179. The lowest BCUT2D eigenvalue weighted by Crippen LogP contribution is -2.44. The van der Waals surface area contributed by atoms with Crippen LogP contribution < -0.4 is 5.32 Å². The van der Waals surface area contributed by atoms with Crippen LogP contribution in [0.4, 0.5) is 0 Å². The normalized spacial score (nSPS) is 23.4. The molecule has 0 amide bonds. The number of nitrogens with one attached hydrogen (secondary N) is 1. The summed E-state index contributed by atoms with van der Waals surface area (Å²) >= 11 is 0. The number of rotatable bonds is 2. The molecule has 92 valence electrons. The molecule has 1 aromatic carbocycles. The van der Waals surface area contributed by atoms with E-state index in [0.29, 0.717) is 0 Å². The Morgan fingerprint density at radius 2 is 2.28 bits per heavy atom. The molecule has 1 saturated heterocycles. The van der Waals surface area contributed by atoms with Crippen LogP contribution in [0.2, 0.25) is 0 Å². The van der Waals surface area contributed by atoms with Gasteiger partial charge in [-0.3, -0.25) is 9.78 Å². The Labute approximate surface area is 106 Å². The van der Waals surface area contributed by atoms with Crippen LogP contribution in [0.15, 0.2) is 36.7 Å². The van der Waals surface area contributed by atoms with Gasteiger partial charge in [0.2, 0.25) is 0 Å². The lowest BCUT2D eigenvalue weighted by Gasteiger charge is -2.23. The number of nitrogens with zero attached hydrogens (tertiary/aromatic N) is 1. The number of carbonyl (C=O) groups is 1. The molecule has 18 heavy (non-hydrogen) atoms. The van der Waals surface area contributed by atoms with Crippen LogP contribution in [0.25, 0.3) is 10.8 Å². The molecule has 0 spiro atoms. The Bertz CT molecular complexity index is 595. The van der Waals surface area contributed by atoms with E-state index in [9.17, 15) is 4.79 Å². The Balaban J connectivity index is 2.12. The van der Waals surface area contributed by atoms with Crippen molar-refractivity contribution in [3.05, 3.63) is 42.2 Å². The van der Waals surface area contributed by atoms with Crippen LogP contribution in [-0.4, -0.2) is 22.9 Å². The van der Waals surface area contributed by atoms with Gasteiger partial charge in [-0.05, 0) is 37.8 Å². The third-order valence-corrected chi connectivity index (χ3v) is 3.80. The fourth-order valence-corrected chi connectivity index (χ4v) is 2.70. The topological polar surface area (TPSA) is 42.0 Å². The van der Waals surface area contributed by atoms with Crippen molar-refractivity contribution < 1.29 is 4.79 Å². The first-order chi connectivity index (χ1) is 8.71. The molecule has 3 nitrogen and oxygen atoms in total. The molecule has 0 saturated carbocycles. The summed E-state index contributed by atoms with van der Waals surface area (Å²) in [5, 5.41) is 5.34. The number of carbonyl (C=O) groups excluding carboxylic acids is 1. The number of hydrogen-bond donors (Lipinski definition) is 1. The summed E-state index contributed by atoms with van der Waals surface area (Å²) in [6, 6.07) is 7.79. The minimum Gasteiger partial charge on any atom is -0.305 e. The highest BCUT2D eigenvalue weighted by atomic mass is 16.1. The Morgan fingerprint density at radius 3 is 3.06 bits per heavy atom. The van der Waals surface area contributed by atoms with Crippen molar-refractivity contribution in [2.45, 2.75) is 25.3 Å². The van der Waals surface area contributed by atoms with Crippen LogP contribution in [0.1, 0.15) is 30.1 Å². The second kappa shape index (κ2) is 4.18. The van der Waals surface area contributed by atoms with Crippen molar-refractivity contribution in [2.24, 2.45) is 0 Å². The largest absolute Gasteiger partial charge is 0.305 e. The molecule has 1 aliphatic rings. The average Bonchev–Trinajstić information content (AvgIpc) is 2.85. The zero-order chi connectivity index (χ0) is 12.6. The van der Waals surface area contributed by atoms with E-state index in [1.165, 1.54) is 0 Å². The van der Waals surface area contributed by atoms with Gasteiger partial charge in [-0.2, -0.15) is 0 Å². The third kappa shape index (κ3) is 1.71. The number of pyridine rings is 1. The molecule has 1 atom stereocenters.